The van der Waals surface area contributed by atoms with Gasteiger partial charge in [-0.25, -0.2) is 0 Å². The van der Waals surface area contributed by atoms with Crippen LogP contribution in [-0.4, -0.2) is 53.3 Å². The Bertz CT molecular complexity index is 959. The van der Waals surface area contributed by atoms with E-state index >= 15 is 0 Å². The molecule has 240 valence electrons. The first-order valence-electron chi connectivity index (χ1n) is 17.9. The van der Waals surface area contributed by atoms with E-state index in [2.05, 4.69) is 65.1 Å². The Balaban J connectivity index is 0.00000267. The van der Waals surface area contributed by atoms with Crippen molar-refractivity contribution in [2.45, 2.75) is 150 Å². The third kappa shape index (κ3) is 5.20. The van der Waals surface area contributed by atoms with Gasteiger partial charge >= 0.3 is 0 Å². The smallest absolute Gasteiger partial charge is 0.0638 e. The normalized spacial score (nSPS) is 56.9. The number of hydrogen-bond acceptors (Lipinski definition) is 8. The fourth-order valence-corrected chi connectivity index (χ4v) is 13.4. The Morgan fingerprint density at radius 1 is 0.310 bits per heavy atom. The van der Waals surface area contributed by atoms with Crippen LogP contribution in [0.5, 0.6) is 0 Å². The number of rotatable bonds is 0. The van der Waals surface area contributed by atoms with E-state index in [9.17, 15) is 0 Å². The van der Waals surface area contributed by atoms with E-state index in [4.69, 9.17) is 0 Å². The van der Waals surface area contributed by atoms with Gasteiger partial charge in [0.2, 0.25) is 0 Å². The molecule has 5 saturated heterocycles. The summed E-state index contributed by atoms with van der Waals surface area (Å²) in [6.07, 6.45) is 24.0. The summed E-state index contributed by atoms with van der Waals surface area (Å²) in [6, 6.07) is 0. The van der Waals surface area contributed by atoms with Crippen molar-refractivity contribution in [2.75, 3.05) is 0 Å². The number of halogens is 1. The topological polar surface area (TPSA) is 96.2 Å². The van der Waals surface area contributed by atoms with Crippen LogP contribution in [0, 0.1) is 47.3 Å². The van der Waals surface area contributed by atoms with Crippen molar-refractivity contribution in [1.29, 1.82) is 0 Å². The van der Waals surface area contributed by atoms with Crippen LogP contribution < -0.4 is 42.5 Å². The van der Waals surface area contributed by atoms with E-state index in [0.29, 0.717) is 61.2 Å². The van der Waals surface area contributed by atoms with Crippen molar-refractivity contribution in [1.82, 2.24) is 42.5 Å². The standard InChI is InChI=1S/C32H55IN8.Ni/c33-23-15-7-14-22-24(23)32-40-30-21-13-6-5-12-20(21)28(38-30)36-26-17-9-2-1-8-16(17)25(34-26)35-27-18-10-3-4-11-19(18)29(37-27)39-31(22)41-32;/h16-32,34-41H,1-15H2;. The number of hydrogen-bond donors (Lipinski definition) is 8. The van der Waals surface area contributed by atoms with Crippen LogP contribution in [0.25, 0.3) is 0 Å². The van der Waals surface area contributed by atoms with E-state index < -0.39 is 0 Å². The Morgan fingerprint density at radius 3 is 0.905 bits per heavy atom. The maximum Gasteiger partial charge on any atom is 0.0638 e. The molecule has 42 heavy (non-hydrogen) atoms. The van der Waals surface area contributed by atoms with Gasteiger partial charge in [-0.15, -0.1) is 0 Å². The maximum atomic E-state index is 4.29. The average molecular weight is 737 g/mol. The number of fused-ring (bicyclic) bond motifs is 20. The predicted octanol–water partition coefficient (Wildman–Crippen LogP) is 3.02. The van der Waals surface area contributed by atoms with Crippen molar-refractivity contribution in [3.05, 3.63) is 0 Å². The molecule has 4 aliphatic carbocycles. The molecule has 17 atom stereocenters. The van der Waals surface area contributed by atoms with Crippen LogP contribution in [0.2, 0.25) is 0 Å². The molecular formula is C32H55IN8Ni. The van der Waals surface area contributed by atoms with Gasteiger partial charge in [-0.05, 0) is 92.8 Å². The molecule has 0 aromatic heterocycles. The van der Waals surface area contributed by atoms with Crippen molar-refractivity contribution in [3.8, 4) is 0 Å². The van der Waals surface area contributed by atoms with E-state index in [0.717, 1.165) is 39.4 Å². The maximum absolute atomic E-state index is 4.29. The number of alkyl halides is 1. The van der Waals surface area contributed by atoms with E-state index in [-0.39, 0.29) is 16.5 Å². The van der Waals surface area contributed by atoms with Gasteiger partial charge < -0.3 is 0 Å². The molecular weight excluding hydrogens is 682 g/mol. The zero-order valence-corrected chi connectivity index (χ0v) is 28.3. The van der Waals surface area contributed by atoms with Crippen LogP contribution in [0.3, 0.4) is 0 Å². The Labute approximate surface area is 277 Å². The second kappa shape index (κ2) is 12.5. The second-order valence-electron chi connectivity index (χ2n) is 15.7. The fourth-order valence-electron chi connectivity index (χ4n) is 12.0. The molecule has 17 unspecified atom stereocenters. The Morgan fingerprint density at radius 2 is 0.571 bits per heavy atom. The zero-order valence-electron chi connectivity index (χ0n) is 25.1. The van der Waals surface area contributed by atoms with Crippen molar-refractivity contribution >= 4 is 22.6 Å². The van der Waals surface area contributed by atoms with Gasteiger partial charge in [0.05, 0.1) is 49.3 Å². The minimum absolute atomic E-state index is 0. The summed E-state index contributed by atoms with van der Waals surface area (Å²) in [6.45, 7) is 0. The molecule has 9 aliphatic rings. The summed E-state index contributed by atoms with van der Waals surface area (Å²) in [5, 5.41) is 33.9. The first-order chi connectivity index (χ1) is 20.2. The van der Waals surface area contributed by atoms with Gasteiger partial charge in [0.15, 0.2) is 0 Å². The van der Waals surface area contributed by atoms with Gasteiger partial charge in [-0.2, -0.15) is 0 Å². The summed E-state index contributed by atoms with van der Waals surface area (Å²) in [5.41, 5.74) is 0. The molecule has 9 fully saturated rings. The van der Waals surface area contributed by atoms with E-state index in [1.54, 1.807) is 0 Å². The third-order valence-electron chi connectivity index (χ3n) is 13.8. The molecule has 0 radical (unpaired) electrons. The summed E-state index contributed by atoms with van der Waals surface area (Å²) in [5.74, 6) is 5.85. The SMILES string of the molecule is IC1CCCC2C3NC4NC(NC5NC(NC6NC(NC(N3)C12)C1CCCCC61)C1CCCCC51)C1CCCCC41.[Ni]. The quantitative estimate of drug-likeness (QED) is 0.109. The molecule has 9 rings (SSSR count). The average Bonchev–Trinajstić information content (AvgIpc) is 3.73. The van der Waals surface area contributed by atoms with Gasteiger partial charge in [0.1, 0.15) is 0 Å². The summed E-state index contributed by atoms with van der Waals surface area (Å²) < 4.78 is 0.749. The summed E-state index contributed by atoms with van der Waals surface area (Å²) in [4.78, 5) is 0. The summed E-state index contributed by atoms with van der Waals surface area (Å²) in [7, 11) is 0. The molecule has 5 aliphatic heterocycles. The molecule has 8 nitrogen and oxygen atoms in total. The van der Waals surface area contributed by atoms with Crippen LogP contribution in [0.1, 0.15) is 96.3 Å². The molecule has 0 spiro atoms. The van der Waals surface area contributed by atoms with Crippen LogP contribution in [-0.2, 0) is 16.5 Å². The molecule has 10 heteroatoms. The Hall–Kier alpha value is 0.904. The van der Waals surface area contributed by atoms with Gasteiger partial charge in [-0.1, -0.05) is 67.5 Å². The van der Waals surface area contributed by atoms with Gasteiger partial charge in [-0.3, -0.25) is 42.5 Å². The van der Waals surface area contributed by atoms with Crippen LogP contribution in [0.4, 0.5) is 0 Å². The molecule has 0 aromatic rings. The number of nitrogens with one attached hydrogen (secondary N) is 8. The molecule has 0 amide bonds. The van der Waals surface area contributed by atoms with Crippen molar-refractivity contribution < 1.29 is 16.5 Å². The zero-order chi connectivity index (χ0) is 27.1. The minimum atomic E-state index is 0. The van der Waals surface area contributed by atoms with E-state index in [1.807, 2.05) is 0 Å². The predicted molar refractivity (Wildman–Crippen MR) is 170 cm³/mol. The van der Waals surface area contributed by atoms with Gasteiger partial charge in [0.25, 0.3) is 0 Å². The molecule has 8 N–H and O–H groups in total. The third-order valence-corrected chi connectivity index (χ3v) is 15.3. The molecule has 4 saturated carbocycles. The second-order valence-corrected chi connectivity index (χ2v) is 17.3. The first kappa shape index (κ1) is 30.3. The fraction of sp³-hybridized carbons (Fsp3) is 1.00. The first-order valence-corrected chi connectivity index (χ1v) is 19.2. The van der Waals surface area contributed by atoms with Gasteiger partial charge in [0, 0.05) is 26.3 Å². The molecule has 5 heterocycles. The van der Waals surface area contributed by atoms with Crippen molar-refractivity contribution in [2.24, 2.45) is 47.3 Å². The summed E-state index contributed by atoms with van der Waals surface area (Å²) >= 11 is 2.81. The minimum Gasteiger partial charge on any atom is -0.286 e. The van der Waals surface area contributed by atoms with Crippen molar-refractivity contribution in [3.63, 3.8) is 0 Å². The van der Waals surface area contributed by atoms with Crippen LogP contribution >= 0.6 is 22.6 Å². The van der Waals surface area contributed by atoms with E-state index in [1.165, 1.54) is 96.3 Å². The largest absolute Gasteiger partial charge is 0.286 e. The molecule has 8 bridgehead atoms. The Kier molecular flexibility index (Phi) is 9.00. The monoisotopic (exact) mass is 736 g/mol. The van der Waals surface area contributed by atoms with Crippen LogP contribution in [0.15, 0.2) is 0 Å². The molecule has 0 aromatic carbocycles.